The molecule has 0 radical (unpaired) electrons. The number of H-pyrrole nitrogens is 1. The molecule has 0 spiro atoms. The van der Waals surface area contributed by atoms with E-state index in [-0.39, 0.29) is 11.9 Å². The molecule has 1 aromatic heterocycles. The van der Waals surface area contributed by atoms with E-state index in [1.54, 1.807) is 19.3 Å². The second-order valence-electron chi connectivity index (χ2n) is 4.00. The lowest BCUT2D eigenvalue weighted by Gasteiger charge is -2.24. The van der Waals surface area contributed by atoms with E-state index in [4.69, 9.17) is 5.73 Å². The van der Waals surface area contributed by atoms with Crippen LogP contribution < -0.4 is 11.1 Å². The van der Waals surface area contributed by atoms with Crippen molar-refractivity contribution in [1.82, 2.24) is 15.5 Å². The van der Waals surface area contributed by atoms with Gasteiger partial charge in [-0.15, -0.1) is 0 Å². The molecule has 1 rings (SSSR count). The van der Waals surface area contributed by atoms with Gasteiger partial charge in [0.15, 0.2) is 0 Å². The third-order valence-electron chi connectivity index (χ3n) is 2.62. The Kier molecular flexibility index (Phi) is 3.47. The van der Waals surface area contributed by atoms with Crippen LogP contribution in [0.3, 0.4) is 0 Å². The first-order chi connectivity index (χ1) is 6.97. The lowest BCUT2D eigenvalue weighted by Crippen LogP contribution is -2.51. The van der Waals surface area contributed by atoms with Crippen LogP contribution in [0.1, 0.15) is 38.8 Å². The second-order valence-corrected chi connectivity index (χ2v) is 4.00. The highest BCUT2D eigenvalue weighted by molar-refractivity contribution is 5.85. The Morgan fingerprint density at radius 1 is 1.80 bits per heavy atom. The molecular formula is C10H18N4O. The van der Waals surface area contributed by atoms with Crippen molar-refractivity contribution in [2.45, 2.75) is 38.8 Å². The van der Waals surface area contributed by atoms with Crippen LogP contribution >= 0.6 is 0 Å². The Morgan fingerprint density at radius 3 is 2.93 bits per heavy atom. The number of nitrogens with one attached hydrogen (secondary N) is 2. The van der Waals surface area contributed by atoms with Crippen molar-refractivity contribution in [3.63, 3.8) is 0 Å². The van der Waals surface area contributed by atoms with Gasteiger partial charge in [-0.05, 0) is 20.3 Å². The molecule has 0 aliphatic rings. The van der Waals surface area contributed by atoms with Crippen LogP contribution in [0.5, 0.6) is 0 Å². The normalized spacial score (nSPS) is 16.8. The van der Waals surface area contributed by atoms with E-state index in [2.05, 4.69) is 15.5 Å². The molecule has 0 bridgehead atoms. The minimum absolute atomic E-state index is 0.0781. The molecule has 4 N–H and O–H groups in total. The Morgan fingerprint density at radius 2 is 2.47 bits per heavy atom. The van der Waals surface area contributed by atoms with Crippen LogP contribution in [0.25, 0.3) is 0 Å². The number of rotatable bonds is 4. The Hall–Kier alpha value is -1.36. The molecule has 84 valence electrons. The van der Waals surface area contributed by atoms with Gasteiger partial charge in [0, 0.05) is 11.8 Å². The zero-order chi connectivity index (χ0) is 11.5. The van der Waals surface area contributed by atoms with Gasteiger partial charge in [-0.1, -0.05) is 6.92 Å². The third kappa shape index (κ3) is 2.79. The van der Waals surface area contributed by atoms with Crippen LogP contribution in [0.4, 0.5) is 0 Å². The molecule has 2 atom stereocenters. The number of nitrogens with zero attached hydrogens (tertiary/aromatic N) is 1. The summed E-state index contributed by atoms with van der Waals surface area (Å²) in [6.45, 7) is 5.51. The molecule has 1 heterocycles. The van der Waals surface area contributed by atoms with Crippen LogP contribution in [0, 0.1) is 0 Å². The van der Waals surface area contributed by atoms with Gasteiger partial charge in [-0.25, -0.2) is 0 Å². The first-order valence-electron chi connectivity index (χ1n) is 5.06. The number of aromatic amines is 1. The lowest BCUT2D eigenvalue weighted by atomic mass is 9.99. The minimum Gasteiger partial charge on any atom is -0.348 e. The Bertz CT molecular complexity index is 318. The van der Waals surface area contributed by atoms with Crippen LogP contribution in [0.15, 0.2) is 12.4 Å². The quantitative estimate of drug-likeness (QED) is 0.684. The monoisotopic (exact) mass is 210 g/mol. The highest BCUT2D eigenvalue weighted by Crippen LogP contribution is 2.12. The van der Waals surface area contributed by atoms with Gasteiger partial charge in [0.2, 0.25) is 5.91 Å². The van der Waals surface area contributed by atoms with Crippen LogP contribution in [-0.4, -0.2) is 21.6 Å². The van der Waals surface area contributed by atoms with E-state index < -0.39 is 5.54 Å². The topological polar surface area (TPSA) is 83.8 Å². The maximum Gasteiger partial charge on any atom is 0.240 e. The maximum absolute atomic E-state index is 11.7. The number of nitrogens with two attached hydrogens (primary N) is 1. The summed E-state index contributed by atoms with van der Waals surface area (Å²) in [5.74, 6) is -0.140. The fraction of sp³-hybridized carbons (Fsp3) is 0.600. The predicted molar refractivity (Wildman–Crippen MR) is 58.0 cm³/mol. The highest BCUT2D eigenvalue weighted by atomic mass is 16.2. The molecule has 0 saturated heterocycles. The maximum atomic E-state index is 11.7. The Balaban J connectivity index is 2.60. The number of aromatic nitrogens is 2. The molecule has 0 saturated carbocycles. The van der Waals surface area contributed by atoms with Crippen molar-refractivity contribution in [2.75, 3.05) is 0 Å². The summed E-state index contributed by atoms with van der Waals surface area (Å²) in [6, 6.07) is -0.0781. The molecule has 0 fully saturated rings. The van der Waals surface area contributed by atoms with E-state index in [1.165, 1.54) is 0 Å². The van der Waals surface area contributed by atoms with E-state index in [1.807, 2.05) is 13.8 Å². The summed E-state index contributed by atoms with van der Waals surface area (Å²) < 4.78 is 0. The van der Waals surface area contributed by atoms with Gasteiger partial charge in [-0.2, -0.15) is 5.10 Å². The molecule has 1 amide bonds. The summed E-state index contributed by atoms with van der Waals surface area (Å²) in [6.07, 6.45) is 4.05. The van der Waals surface area contributed by atoms with Crippen molar-refractivity contribution < 1.29 is 4.79 Å². The summed E-state index contributed by atoms with van der Waals surface area (Å²) in [4.78, 5) is 11.7. The number of amides is 1. The average Bonchev–Trinajstić information content (AvgIpc) is 2.70. The van der Waals surface area contributed by atoms with Gasteiger partial charge in [0.25, 0.3) is 0 Å². The van der Waals surface area contributed by atoms with E-state index in [9.17, 15) is 4.79 Å². The van der Waals surface area contributed by atoms with Gasteiger partial charge in [0.1, 0.15) is 0 Å². The van der Waals surface area contributed by atoms with E-state index in [0.29, 0.717) is 6.42 Å². The van der Waals surface area contributed by atoms with Crippen LogP contribution in [-0.2, 0) is 4.79 Å². The lowest BCUT2D eigenvalue weighted by molar-refractivity contribution is -0.126. The first kappa shape index (κ1) is 11.7. The number of carbonyl (C=O) groups is 1. The number of hydrogen-bond acceptors (Lipinski definition) is 3. The molecule has 0 aliphatic carbocycles. The number of carbonyl (C=O) groups excluding carboxylic acids is 1. The molecule has 5 heteroatoms. The molecule has 1 aromatic rings. The zero-order valence-electron chi connectivity index (χ0n) is 9.37. The molecule has 5 nitrogen and oxygen atoms in total. The molecular weight excluding hydrogens is 192 g/mol. The highest BCUT2D eigenvalue weighted by Gasteiger charge is 2.27. The fourth-order valence-corrected chi connectivity index (χ4v) is 1.10. The Labute approximate surface area is 89.4 Å². The standard InChI is InChI=1S/C10H18N4O/c1-4-10(3,11)9(15)14-7(2)8-5-12-13-6-8/h5-7H,4,11H2,1-3H3,(H,12,13)(H,14,15). The van der Waals surface area contributed by atoms with Gasteiger partial charge in [0.05, 0.1) is 17.8 Å². The number of hydrogen-bond donors (Lipinski definition) is 3. The fourth-order valence-electron chi connectivity index (χ4n) is 1.10. The molecule has 2 unspecified atom stereocenters. The summed E-state index contributed by atoms with van der Waals surface area (Å²) in [5, 5.41) is 9.38. The molecule has 15 heavy (non-hydrogen) atoms. The van der Waals surface area contributed by atoms with Crippen molar-refractivity contribution >= 4 is 5.91 Å². The predicted octanol–water partition coefficient (Wildman–Crippen LogP) is 0.714. The smallest absolute Gasteiger partial charge is 0.240 e. The second kappa shape index (κ2) is 4.44. The van der Waals surface area contributed by atoms with Crippen molar-refractivity contribution in [3.8, 4) is 0 Å². The third-order valence-corrected chi connectivity index (χ3v) is 2.62. The summed E-state index contributed by atoms with van der Waals surface area (Å²) in [5.41, 5.74) is 5.96. The average molecular weight is 210 g/mol. The van der Waals surface area contributed by atoms with Crippen molar-refractivity contribution in [2.24, 2.45) is 5.73 Å². The van der Waals surface area contributed by atoms with Gasteiger partial charge in [-0.3, -0.25) is 9.89 Å². The minimum atomic E-state index is -0.808. The molecule has 0 aliphatic heterocycles. The summed E-state index contributed by atoms with van der Waals surface area (Å²) in [7, 11) is 0. The molecule has 0 aromatic carbocycles. The first-order valence-corrected chi connectivity index (χ1v) is 5.06. The largest absolute Gasteiger partial charge is 0.348 e. The van der Waals surface area contributed by atoms with Gasteiger partial charge < -0.3 is 11.1 Å². The van der Waals surface area contributed by atoms with Gasteiger partial charge >= 0.3 is 0 Å². The van der Waals surface area contributed by atoms with E-state index >= 15 is 0 Å². The van der Waals surface area contributed by atoms with Crippen molar-refractivity contribution in [3.05, 3.63) is 18.0 Å². The summed E-state index contributed by atoms with van der Waals surface area (Å²) >= 11 is 0. The van der Waals surface area contributed by atoms with E-state index in [0.717, 1.165) is 5.56 Å². The SMILES string of the molecule is CCC(C)(N)C(=O)NC(C)c1cn[nH]c1. The van der Waals surface area contributed by atoms with Crippen LogP contribution in [0.2, 0.25) is 0 Å². The van der Waals surface area contributed by atoms with Crippen molar-refractivity contribution in [1.29, 1.82) is 0 Å². The zero-order valence-corrected chi connectivity index (χ0v) is 9.37.